The highest BCUT2D eigenvalue weighted by atomic mass is 16.5. The van der Waals surface area contributed by atoms with Gasteiger partial charge in [-0.15, -0.1) is 0 Å². The van der Waals surface area contributed by atoms with Crippen molar-refractivity contribution in [2.75, 3.05) is 32.8 Å². The lowest BCUT2D eigenvalue weighted by atomic mass is 10.1. The zero-order valence-electron chi connectivity index (χ0n) is 16.2. The molecule has 0 unspecified atom stereocenters. The van der Waals surface area contributed by atoms with Crippen molar-refractivity contribution in [3.63, 3.8) is 0 Å². The molecule has 0 bridgehead atoms. The van der Waals surface area contributed by atoms with Gasteiger partial charge in [-0.25, -0.2) is 0 Å². The zero-order valence-corrected chi connectivity index (χ0v) is 16.2. The van der Waals surface area contributed by atoms with Crippen LogP contribution in [-0.2, 0) is 16.1 Å². The highest BCUT2D eigenvalue weighted by Gasteiger charge is 2.36. The Morgan fingerprint density at radius 1 is 1.04 bits per heavy atom. The summed E-state index contributed by atoms with van der Waals surface area (Å²) in [4.78, 5) is 26.6. The maximum atomic E-state index is 12.6. The Morgan fingerprint density at radius 2 is 1.71 bits per heavy atom. The van der Waals surface area contributed by atoms with E-state index in [9.17, 15) is 9.59 Å². The van der Waals surface area contributed by atoms with Crippen molar-refractivity contribution in [2.24, 2.45) is 5.92 Å². The molecule has 1 aliphatic rings. The van der Waals surface area contributed by atoms with E-state index < -0.39 is 5.92 Å². The van der Waals surface area contributed by atoms with Crippen LogP contribution in [0.1, 0.15) is 12.0 Å². The lowest BCUT2D eigenvalue weighted by Gasteiger charge is -2.20. The van der Waals surface area contributed by atoms with Crippen molar-refractivity contribution in [2.45, 2.75) is 13.0 Å². The number of hydrogen-bond acceptors (Lipinski definition) is 5. The minimum absolute atomic E-state index is 0.104. The van der Waals surface area contributed by atoms with Gasteiger partial charge in [-0.05, 0) is 29.8 Å². The maximum Gasteiger partial charge on any atom is 0.227 e. The van der Waals surface area contributed by atoms with Crippen LogP contribution in [0.15, 0.2) is 42.5 Å². The number of rotatable bonds is 7. The SMILES string of the molecule is COc1ccc(CNC(=O)[C@@H]2CC(=O)N(c3ccc(OC)cc3OC)C2)cc1. The standard InChI is InChI=1S/C21H24N2O5/c1-26-16-6-4-14(5-7-16)12-22-21(25)15-10-20(24)23(13-15)18-9-8-17(27-2)11-19(18)28-3/h4-9,11,15H,10,12-13H2,1-3H3,(H,22,25)/t15-/m1/s1. The third-order valence-corrected chi connectivity index (χ3v) is 4.80. The summed E-state index contributed by atoms with van der Waals surface area (Å²) in [7, 11) is 4.72. The van der Waals surface area contributed by atoms with Crippen LogP contribution >= 0.6 is 0 Å². The molecule has 2 aromatic rings. The van der Waals surface area contributed by atoms with E-state index in [-0.39, 0.29) is 18.2 Å². The van der Waals surface area contributed by atoms with Crippen LogP contribution in [0.4, 0.5) is 5.69 Å². The molecule has 1 N–H and O–H groups in total. The van der Waals surface area contributed by atoms with E-state index in [1.54, 1.807) is 37.3 Å². The summed E-state index contributed by atoms with van der Waals surface area (Å²) in [6.07, 6.45) is 0.170. The Kier molecular flexibility index (Phi) is 6.03. The number of carbonyl (C=O) groups excluding carboxylic acids is 2. The molecule has 148 valence electrons. The van der Waals surface area contributed by atoms with E-state index in [4.69, 9.17) is 14.2 Å². The van der Waals surface area contributed by atoms with Gasteiger partial charge in [0.2, 0.25) is 11.8 Å². The van der Waals surface area contributed by atoms with Gasteiger partial charge in [0.05, 0.1) is 32.9 Å². The molecule has 0 saturated carbocycles. The summed E-state index contributed by atoms with van der Waals surface area (Å²) in [6, 6.07) is 12.7. The number of amides is 2. The first-order valence-electron chi connectivity index (χ1n) is 8.98. The predicted molar refractivity (Wildman–Crippen MR) is 105 cm³/mol. The Hall–Kier alpha value is -3.22. The van der Waals surface area contributed by atoms with Crippen molar-refractivity contribution >= 4 is 17.5 Å². The minimum atomic E-state index is -0.405. The first-order chi connectivity index (χ1) is 13.5. The molecule has 1 aliphatic heterocycles. The van der Waals surface area contributed by atoms with E-state index in [2.05, 4.69) is 5.32 Å². The van der Waals surface area contributed by atoms with Gasteiger partial charge in [-0.2, -0.15) is 0 Å². The molecule has 28 heavy (non-hydrogen) atoms. The number of anilines is 1. The fourth-order valence-electron chi connectivity index (χ4n) is 3.20. The minimum Gasteiger partial charge on any atom is -0.497 e. The molecule has 7 nitrogen and oxygen atoms in total. The number of ether oxygens (including phenoxy) is 3. The maximum absolute atomic E-state index is 12.6. The molecule has 0 aromatic heterocycles. The van der Waals surface area contributed by atoms with Gasteiger partial charge in [0.15, 0.2) is 0 Å². The summed E-state index contributed by atoms with van der Waals surface area (Å²) in [5.41, 5.74) is 1.60. The number of methoxy groups -OCH3 is 3. The molecule has 0 radical (unpaired) electrons. The van der Waals surface area contributed by atoms with E-state index in [0.717, 1.165) is 11.3 Å². The highest BCUT2D eigenvalue weighted by Crippen LogP contribution is 2.35. The van der Waals surface area contributed by atoms with Crippen LogP contribution in [-0.4, -0.2) is 39.7 Å². The van der Waals surface area contributed by atoms with E-state index in [0.29, 0.717) is 30.3 Å². The van der Waals surface area contributed by atoms with Crippen molar-refractivity contribution in [3.8, 4) is 17.2 Å². The summed E-state index contributed by atoms with van der Waals surface area (Å²) >= 11 is 0. The van der Waals surface area contributed by atoms with E-state index >= 15 is 0 Å². The second kappa shape index (κ2) is 8.65. The van der Waals surface area contributed by atoms with Crippen molar-refractivity contribution in [3.05, 3.63) is 48.0 Å². The smallest absolute Gasteiger partial charge is 0.227 e. The average Bonchev–Trinajstić information content (AvgIpc) is 3.13. The van der Waals surface area contributed by atoms with Gasteiger partial charge in [0.1, 0.15) is 17.2 Å². The molecule has 2 aromatic carbocycles. The highest BCUT2D eigenvalue weighted by molar-refractivity contribution is 6.01. The van der Waals surface area contributed by atoms with Gasteiger partial charge < -0.3 is 24.4 Å². The number of hydrogen-bond donors (Lipinski definition) is 1. The van der Waals surface area contributed by atoms with Gasteiger partial charge in [0.25, 0.3) is 0 Å². The number of nitrogens with zero attached hydrogens (tertiary/aromatic N) is 1. The van der Waals surface area contributed by atoms with Crippen LogP contribution < -0.4 is 24.4 Å². The number of nitrogens with one attached hydrogen (secondary N) is 1. The number of carbonyl (C=O) groups is 2. The lowest BCUT2D eigenvalue weighted by molar-refractivity contribution is -0.126. The van der Waals surface area contributed by atoms with Crippen LogP contribution in [0.3, 0.4) is 0 Å². The Labute approximate surface area is 164 Å². The number of benzene rings is 2. The van der Waals surface area contributed by atoms with Gasteiger partial charge in [-0.1, -0.05) is 12.1 Å². The largest absolute Gasteiger partial charge is 0.497 e. The molecular weight excluding hydrogens is 360 g/mol. The fraction of sp³-hybridized carbons (Fsp3) is 0.333. The van der Waals surface area contributed by atoms with Crippen molar-refractivity contribution in [1.29, 1.82) is 0 Å². The molecule has 3 rings (SSSR count). The normalized spacial score (nSPS) is 16.0. The molecule has 7 heteroatoms. The zero-order chi connectivity index (χ0) is 20.1. The second-order valence-electron chi connectivity index (χ2n) is 6.51. The van der Waals surface area contributed by atoms with Crippen LogP contribution in [0.2, 0.25) is 0 Å². The summed E-state index contributed by atoms with van der Waals surface area (Å²) in [6.45, 7) is 0.718. The second-order valence-corrected chi connectivity index (χ2v) is 6.51. The molecular formula is C21H24N2O5. The summed E-state index contributed by atoms with van der Waals surface area (Å²) < 4.78 is 15.7. The Bertz CT molecular complexity index is 850. The van der Waals surface area contributed by atoms with Gasteiger partial charge >= 0.3 is 0 Å². The quantitative estimate of drug-likeness (QED) is 0.793. The first kappa shape index (κ1) is 19.5. The van der Waals surface area contributed by atoms with Crippen LogP contribution in [0.5, 0.6) is 17.2 Å². The topological polar surface area (TPSA) is 77.1 Å². The monoisotopic (exact) mass is 384 g/mol. The average molecular weight is 384 g/mol. The molecule has 0 aliphatic carbocycles. The molecule has 1 heterocycles. The molecule has 1 atom stereocenters. The summed E-state index contributed by atoms with van der Waals surface area (Å²) in [5.74, 6) is 1.29. The van der Waals surface area contributed by atoms with E-state index in [1.165, 1.54) is 7.11 Å². The van der Waals surface area contributed by atoms with Crippen molar-refractivity contribution in [1.82, 2.24) is 5.32 Å². The third kappa shape index (κ3) is 4.19. The van der Waals surface area contributed by atoms with Crippen LogP contribution in [0, 0.1) is 5.92 Å². The molecule has 2 amide bonds. The van der Waals surface area contributed by atoms with Crippen molar-refractivity contribution < 1.29 is 23.8 Å². The fourth-order valence-corrected chi connectivity index (χ4v) is 3.20. The molecule has 1 saturated heterocycles. The van der Waals surface area contributed by atoms with Crippen LogP contribution in [0.25, 0.3) is 0 Å². The van der Waals surface area contributed by atoms with Gasteiger partial charge in [0, 0.05) is 25.6 Å². The molecule has 1 fully saturated rings. The first-order valence-corrected chi connectivity index (χ1v) is 8.98. The molecule has 0 spiro atoms. The Balaban J connectivity index is 1.64. The predicted octanol–water partition coefficient (Wildman–Crippen LogP) is 2.38. The third-order valence-electron chi connectivity index (χ3n) is 4.80. The summed E-state index contributed by atoms with van der Waals surface area (Å²) in [5, 5.41) is 2.91. The lowest BCUT2D eigenvalue weighted by Crippen LogP contribution is -2.32. The Morgan fingerprint density at radius 3 is 2.36 bits per heavy atom. The van der Waals surface area contributed by atoms with Gasteiger partial charge in [-0.3, -0.25) is 9.59 Å². The van der Waals surface area contributed by atoms with E-state index in [1.807, 2.05) is 24.3 Å².